The fourth-order valence-electron chi connectivity index (χ4n) is 1.37. The second-order valence-corrected chi connectivity index (χ2v) is 5.60. The predicted molar refractivity (Wildman–Crippen MR) is 84.0 cm³/mol. The Kier molecular flexibility index (Phi) is 7.75. The number of hydrogen-bond donors (Lipinski definition) is 3. The molecule has 0 saturated heterocycles. The van der Waals surface area contributed by atoms with Gasteiger partial charge in [0.05, 0.1) is 4.88 Å². The summed E-state index contributed by atoms with van der Waals surface area (Å²) in [6.07, 6.45) is 0.723. The van der Waals surface area contributed by atoms with Crippen molar-refractivity contribution < 1.29 is 23.9 Å². The highest BCUT2D eigenvalue weighted by atomic mass is 32.1. The fourth-order valence-corrected chi connectivity index (χ4v) is 2.01. The lowest BCUT2D eigenvalue weighted by Crippen LogP contribution is -2.45. The first-order chi connectivity index (χ1) is 10.9. The van der Waals surface area contributed by atoms with Gasteiger partial charge in [0.15, 0.2) is 6.61 Å². The second-order valence-electron chi connectivity index (χ2n) is 4.65. The number of ether oxygens (including phenoxy) is 1. The zero-order valence-electron chi connectivity index (χ0n) is 12.9. The van der Waals surface area contributed by atoms with Crippen LogP contribution in [0, 0.1) is 0 Å². The topological polar surface area (TPSA) is 114 Å². The minimum Gasteiger partial charge on any atom is -0.454 e. The Hall–Kier alpha value is -2.42. The van der Waals surface area contributed by atoms with E-state index in [1.807, 2.05) is 12.2 Å². The van der Waals surface area contributed by atoms with E-state index in [1.54, 1.807) is 24.4 Å². The number of carbonyl (C=O) groups is 4. The molecule has 9 heteroatoms. The lowest BCUT2D eigenvalue weighted by atomic mass is 10.3. The summed E-state index contributed by atoms with van der Waals surface area (Å²) >= 11 is 1.24. The van der Waals surface area contributed by atoms with Crippen LogP contribution >= 0.6 is 11.3 Å². The van der Waals surface area contributed by atoms with E-state index in [4.69, 9.17) is 0 Å². The Morgan fingerprint density at radius 1 is 1.30 bits per heavy atom. The van der Waals surface area contributed by atoms with Gasteiger partial charge in [-0.3, -0.25) is 19.7 Å². The monoisotopic (exact) mass is 341 g/mol. The van der Waals surface area contributed by atoms with Gasteiger partial charge in [-0.15, -0.1) is 11.3 Å². The Morgan fingerprint density at radius 2 is 2.04 bits per heavy atom. The number of hydrogen-bond acceptors (Lipinski definition) is 6. The van der Waals surface area contributed by atoms with Crippen LogP contribution in [0.4, 0.5) is 4.79 Å². The van der Waals surface area contributed by atoms with Crippen molar-refractivity contribution in [2.45, 2.75) is 26.3 Å². The van der Waals surface area contributed by atoms with Gasteiger partial charge in [-0.2, -0.15) is 0 Å². The maximum atomic E-state index is 11.6. The highest BCUT2D eigenvalue weighted by Gasteiger charge is 2.13. The minimum absolute atomic E-state index is 0.0715. The molecule has 0 unspecified atom stereocenters. The Bertz CT molecular complexity index is 559. The molecule has 0 saturated carbocycles. The molecular weight excluding hydrogens is 322 g/mol. The molecule has 0 aromatic carbocycles. The molecule has 0 fully saturated rings. The van der Waals surface area contributed by atoms with Gasteiger partial charge in [-0.25, -0.2) is 4.79 Å². The summed E-state index contributed by atoms with van der Waals surface area (Å²) in [6, 6.07) is 2.62. The third kappa shape index (κ3) is 7.41. The molecule has 3 N–H and O–H groups in total. The molecule has 0 aliphatic heterocycles. The van der Waals surface area contributed by atoms with Gasteiger partial charge in [0.25, 0.3) is 11.8 Å². The molecule has 1 aromatic heterocycles. The van der Waals surface area contributed by atoms with E-state index in [-0.39, 0.29) is 12.6 Å². The van der Waals surface area contributed by atoms with Crippen molar-refractivity contribution in [3.05, 3.63) is 22.4 Å². The van der Waals surface area contributed by atoms with Crippen molar-refractivity contribution in [1.29, 1.82) is 0 Å². The third-order valence-electron chi connectivity index (χ3n) is 2.75. The van der Waals surface area contributed by atoms with Gasteiger partial charge >= 0.3 is 12.0 Å². The molecule has 8 nitrogen and oxygen atoms in total. The molecule has 0 aliphatic rings. The minimum atomic E-state index is -0.771. The van der Waals surface area contributed by atoms with Crippen LogP contribution in [0.2, 0.25) is 0 Å². The standard InChI is InChI=1S/C14H19N3O5S/c1-3-9(2)16-14(21)17-11(18)8-22-12(19)7-15-13(20)10-5-4-6-23-10/h4-6,9H,3,7-8H2,1-2H3,(H,15,20)(H2,16,17,18,21)/t9-/m0/s1. The molecule has 0 bridgehead atoms. The molecular formula is C14H19N3O5S. The van der Waals surface area contributed by atoms with Crippen LogP contribution < -0.4 is 16.0 Å². The summed E-state index contributed by atoms with van der Waals surface area (Å²) in [5, 5.41) is 8.68. The van der Waals surface area contributed by atoms with Gasteiger partial charge in [0.1, 0.15) is 6.54 Å². The van der Waals surface area contributed by atoms with E-state index in [0.29, 0.717) is 4.88 Å². The molecule has 1 aromatic rings. The van der Waals surface area contributed by atoms with Crippen LogP contribution in [0.25, 0.3) is 0 Å². The maximum absolute atomic E-state index is 11.6. The van der Waals surface area contributed by atoms with E-state index in [2.05, 4.69) is 15.4 Å². The van der Waals surface area contributed by atoms with E-state index >= 15 is 0 Å². The van der Waals surface area contributed by atoms with E-state index < -0.39 is 30.4 Å². The Labute approximate surface area is 137 Å². The molecule has 23 heavy (non-hydrogen) atoms. The lowest BCUT2D eigenvalue weighted by Gasteiger charge is -2.11. The summed E-state index contributed by atoms with van der Waals surface area (Å²) in [6.45, 7) is 2.73. The number of amides is 4. The van der Waals surface area contributed by atoms with Crippen LogP contribution in [0.1, 0.15) is 29.9 Å². The van der Waals surface area contributed by atoms with Gasteiger partial charge in [0, 0.05) is 6.04 Å². The zero-order valence-corrected chi connectivity index (χ0v) is 13.7. The van der Waals surface area contributed by atoms with Crippen molar-refractivity contribution in [2.75, 3.05) is 13.2 Å². The predicted octanol–water partition coefficient (Wildman–Crippen LogP) is 0.645. The van der Waals surface area contributed by atoms with Crippen LogP contribution in [0.5, 0.6) is 0 Å². The van der Waals surface area contributed by atoms with Crippen molar-refractivity contribution >= 4 is 35.2 Å². The summed E-state index contributed by atoms with van der Waals surface area (Å²) in [7, 11) is 0. The largest absolute Gasteiger partial charge is 0.454 e. The quantitative estimate of drug-likeness (QED) is 0.630. The number of urea groups is 1. The van der Waals surface area contributed by atoms with Crippen molar-refractivity contribution in [3.63, 3.8) is 0 Å². The Balaban J connectivity index is 2.21. The van der Waals surface area contributed by atoms with Crippen LogP contribution in [-0.4, -0.2) is 43.0 Å². The summed E-state index contributed by atoms with van der Waals surface area (Å²) in [5.41, 5.74) is 0. The molecule has 1 heterocycles. The highest BCUT2D eigenvalue weighted by molar-refractivity contribution is 7.12. The molecule has 0 spiro atoms. The number of nitrogens with one attached hydrogen (secondary N) is 3. The van der Waals surface area contributed by atoms with Gasteiger partial charge in [0.2, 0.25) is 0 Å². The third-order valence-corrected chi connectivity index (χ3v) is 3.61. The van der Waals surface area contributed by atoms with Crippen LogP contribution in [-0.2, 0) is 14.3 Å². The summed E-state index contributed by atoms with van der Waals surface area (Å²) < 4.78 is 4.66. The normalized spacial score (nSPS) is 11.2. The molecule has 4 amide bonds. The van der Waals surface area contributed by atoms with Crippen molar-refractivity contribution in [2.24, 2.45) is 0 Å². The Morgan fingerprint density at radius 3 is 2.65 bits per heavy atom. The average molecular weight is 341 g/mol. The van der Waals surface area contributed by atoms with E-state index in [9.17, 15) is 19.2 Å². The SMILES string of the molecule is CC[C@H](C)NC(=O)NC(=O)COC(=O)CNC(=O)c1cccs1. The van der Waals surface area contributed by atoms with Crippen LogP contribution in [0.15, 0.2) is 17.5 Å². The van der Waals surface area contributed by atoms with Gasteiger partial charge in [-0.05, 0) is 24.8 Å². The molecule has 1 atom stereocenters. The van der Waals surface area contributed by atoms with E-state index in [0.717, 1.165) is 6.42 Å². The van der Waals surface area contributed by atoms with Crippen LogP contribution in [0.3, 0.4) is 0 Å². The van der Waals surface area contributed by atoms with Crippen molar-refractivity contribution in [1.82, 2.24) is 16.0 Å². The number of imide groups is 1. The first-order valence-electron chi connectivity index (χ1n) is 7.00. The van der Waals surface area contributed by atoms with E-state index in [1.165, 1.54) is 11.3 Å². The second kappa shape index (κ2) is 9.57. The fraction of sp³-hybridized carbons (Fsp3) is 0.429. The first-order valence-corrected chi connectivity index (χ1v) is 7.88. The lowest BCUT2D eigenvalue weighted by molar-refractivity contribution is -0.147. The molecule has 126 valence electrons. The zero-order chi connectivity index (χ0) is 17.2. The first kappa shape index (κ1) is 18.6. The number of thiophene rings is 1. The molecule has 0 radical (unpaired) electrons. The molecule has 1 rings (SSSR count). The number of esters is 1. The number of carbonyl (C=O) groups excluding carboxylic acids is 4. The maximum Gasteiger partial charge on any atom is 0.325 e. The number of rotatable bonds is 7. The van der Waals surface area contributed by atoms with Gasteiger partial charge in [-0.1, -0.05) is 13.0 Å². The smallest absolute Gasteiger partial charge is 0.325 e. The average Bonchev–Trinajstić information content (AvgIpc) is 3.04. The summed E-state index contributed by atoms with van der Waals surface area (Å²) in [4.78, 5) is 46.3. The van der Waals surface area contributed by atoms with Crippen molar-refractivity contribution in [3.8, 4) is 0 Å². The summed E-state index contributed by atoms with van der Waals surface area (Å²) in [5.74, 6) is -1.91. The highest BCUT2D eigenvalue weighted by Crippen LogP contribution is 2.07. The molecule has 0 aliphatic carbocycles. The van der Waals surface area contributed by atoms with Gasteiger partial charge < -0.3 is 15.4 Å².